The second kappa shape index (κ2) is 42.7. The summed E-state index contributed by atoms with van der Waals surface area (Å²) in [5.41, 5.74) is 32.8. The Bertz CT molecular complexity index is 6040. The molecule has 0 spiro atoms. The largest absolute Gasteiger partial charge is 3.00 e. The number of aryl methyl sites for hydroxylation is 4. The first-order valence-corrected chi connectivity index (χ1v) is 40.7. The second-order valence-electron chi connectivity index (χ2n) is 29.9. The van der Waals surface area contributed by atoms with Crippen molar-refractivity contribution >= 4 is 56.9 Å². The average molecular weight is 2160 g/mol. The van der Waals surface area contributed by atoms with E-state index in [1.54, 1.807) is 10.9 Å². The summed E-state index contributed by atoms with van der Waals surface area (Å²) >= 11 is 0. The van der Waals surface area contributed by atoms with Gasteiger partial charge in [0.25, 0.3) is 0 Å². The Morgan fingerprint density at radius 3 is 0.992 bits per heavy atom. The van der Waals surface area contributed by atoms with E-state index in [1.807, 2.05) is 141 Å². The van der Waals surface area contributed by atoms with Crippen LogP contribution < -0.4 is 34.3 Å². The van der Waals surface area contributed by atoms with Crippen LogP contribution in [-0.2, 0) is 60.3 Å². The normalized spacial score (nSPS) is 12.3. The molecule has 0 unspecified atom stereocenters. The van der Waals surface area contributed by atoms with Gasteiger partial charge in [0.2, 0.25) is 0 Å². The summed E-state index contributed by atoms with van der Waals surface area (Å²) < 4.78 is 3.68. The van der Waals surface area contributed by atoms with Crippen molar-refractivity contribution in [1.29, 1.82) is 0 Å². The number of nitrogens with zero attached hydrogens (tertiary/aromatic N) is 12. The van der Waals surface area contributed by atoms with Crippen molar-refractivity contribution in [2.24, 2.45) is 0 Å². The minimum Gasteiger partial charge on any atom is -0.510 e. The molecule has 6 heterocycles. The van der Waals surface area contributed by atoms with E-state index in [0.29, 0.717) is 0 Å². The van der Waals surface area contributed by atoms with Crippen LogP contribution >= 0.6 is 0 Å². The van der Waals surface area contributed by atoms with Gasteiger partial charge in [-0.05, 0) is 162 Å². The first kappa shape index (κ1) is 89.6. The van der Waals surface area contributed by atoms with E-state index < -0.39 is 0 Å². The molecule has 12 nitrogen and oxygen atoms in total. The molecule has 4 aliphatic heterocycles. The third-order valence-electron chi connectivity index (χ3n) is 21.3. The number of benzene rings is 15. The maximum atomic E-state index is 4.37. The molecule has 0 N–H and O–H groups in total. The fourth-order valence-corrected chi connectivity index (χ4v) is 15.2. The quantitative estimate of drug-likeness (QED) is 0.111. The molecule has 0 fully saturated rings. The predicted octanol–water partition coefficient (Wildman–Crippen LogP) is 26.0. The molecule has 15 aromatic carbocycles. The number of aromatic nitrogens is 4. The Morgan fingerprint density at radius 1 is 0.288 bits per heavy atom. The molecule has 17 aromatic rings. The van der Waals surface area contributed by atoms with Crippen LogP contribution in [-0.4, -0.2) is 52.7 Å². The van der Waals surface area contributed by atoms with Crippen LogP contribution in [0.25, 0.3) is 78.1 Å². The summed E-state index contributed by atoms with van der Waals surface area (Å²) in [5, 5.41) is 8.44. The van der Waals surface area contributed by atoms with Crippen molar-refractivity contribution in [3.05, 3.63) is 474 Å². The van der Waals surface area contributed by atoms with Crippen molar-refractivity contribution in [2.75, 3.05) is 62.5 Å². The van der Waals surface area contributed by atoms with Crippen LogP contribution in [0.4, 0.5) is 56.9 Å². The van der Waals surface area contributed by atoms with Gasteiger partial charge >= 0.3 is 40.2 Å². The first-order chi connectivity index (χ1) is 59.8. The molecule has 0 atom stereocenters. The standard InChI is InChI=1S/2C26H20N2.C24H22N2.C14H12N2.C11H11N2.C9H7N2.3Ir/c2*1-27-19-28(26-10-6-5-9-25(26)27)24-17-15-23(16-18-24)22-13-11-21(12-14-22)20-7-3-2-4-8-20;1-18-15-22(20-7-5-4-6-8-20)16-19(2)24(18)21-9-11-23(12-10-21)26-14-13-25(3)17-26;1-15-11-16(12-7-3-2-4-8-12)14-10-6-5-9-13(14)15;1-9-8-10(2)13(12-9)11-6-4-3-5-7-11;1-2-5-9(6-3-1)11-8-4-7-10-11;;;/h2*2-17,19H,1H3;4-11,13-17H,1-3H3;2-7,9-11H,1H3;3-6,8H,1-2H3;1-5,7-8H;;;/q4*-2;2*-1;;2*+3. The summed E-state index contributed by atoms with van der Waals surface area (Å²) in [7, 11) is 8.22. The summed E-state index contributed by atoms with van der Waals surface area (Å²) in [6.07, 6.45) is 7.71. The summed E-state index contributed by atoms with van der Waals surface area (Å²) in [5.74, 6) is 0. The maximum absolute atomic E-state index is 4.37. The van der Waals surface area contributed by atoms with Gasteiger partial charge in [0.15, 0.2) is 0 Å². The zero-order valence-corrected chi connectivity index (χ0v) is 77.8. The van der Waals surface area contributed by atoms with E-state index in [1.165, 1.54) is 112 Å². The Labute approximate surface area is 777 Å². The Balaban J connectivity index is 0.000000132. The van der Waals surface area contributed by atoms with Gasteiger partial charge in [-0.25, -0.2) is 0 Å². The van der Waals surface area contributed by atoms with Crippen LogP contribution in [0.3, 0.4) is 0 Å². The molecule has 0 amide bonds. The van der Waals surface area contributed by atoms with E-state index in [4.69, 9.17) is 0 Å². The van der Waals surface area contributed by atoms with Crippen LogP contribution in [0.2, 0.25) is 0 Å². The van der Waals surface area contributed by atoms with E-state index in [9.17, 15) is 0 Å². The fraction of sp³-hybridized carbons (Fsp3) is 0.0727. The SMILES string of the molecule is CN1[CH-]N(c2[c-]cc(-c3ccc(-c4ccccc4)cc3)cc2)c2ccccc21.CN1[CH-]N(c2[c-]cc(-c3ccc(-c4ccccc4)cc3)cc2)c2ccccc21.CN1[CH-]N(c2[c-]cccc2)c2ccccc21.Cc1cc(-c2ccccc2)cc(C)c1-c1c[c-]c(N2C=CN(C)[CH-]2)cc1.Cc1cc(C)n(-c2[c-]cccc2)n1.[Ir+3].[Ir+3].[Ir].[c-]1ccccc1-n1cccn1. The van der Waals surface area contributed by atoms with Gasteiger partial charge in [0.05, 0.1) is 5.69 Å². The molecular formula is C110H92Ir3N12-4. The molecule has 2 aromatic heterocycles. The molecule has 0 bridgehead atoms. The van der Waals surface area contributed by atoms with Crippen LogP contribution in [0.1, 0.15) is 22.5 Å². The van der Waals surface area contributed by atoms with Gasteiger partial charge in [0, 0.05) is 72.3 Å². The topological polar surface area (TPSA) is 61.6 Å². The molecule has 15 heteroatoms. The minimum absolute atomic E-state index is 0. The van der Waals surface area contributed by atoms with E-state index >= 15 is 0 Å². The van der Waals surface area contributed by atoms with Gasteiger partial charge in [0.1, 0.15) is 0 Å². The summed E-state index contributed by atoms with van der Waals surface area (Å²) in [4.78, 5) is 17.0. The molecule has 0 aliphatic carbocycles. The predicted molar refractivity (Wildman–Crippen MR) is 505 cm³/mol. The van der Waals surface area contributed by atoms with Crippen LogP contribution in [0.15, 0.2) is 389 Å². The molecule has 1 radical (unpaired) electrons. The first-order valence-electron chi connectivity index (χ1n) is 40.7. The van der Waals surface area contributed by atoms with Crippen molar-refractivity contribution in [1.82, 2.24) is 24.5 Å². The van der Waals surface area contributed by atoms with E-state index in [2.05, 4.69) is 415 Å². The molecule has 0 saturated carbocycles. The summed E-state index contributed by atoms with van der Waals surface area (Å²) in [6.45, 7) is 16.7. The fourth-order valence-electron chi connectivity index (χ4n) is 15.2. The second-order valence-corrected chi connectivity index (χ2v) is 29.9. The van der Waals surface area contributed by atoms with Crippen molar-refractivity contribution in [3.63, 3.8) is 0 Å². The minimum atomic E-state index is 0. The van der Waals surface area contributed by atoms with Crippen LogP contribution in [0.5, 0.6) is 0 Å². The third kappa shape index (κ3) is 21.7. The van der Waals surface area contributed by atoms with Crippen LogP contribution in [0, 0.1) is 90.8 Å². The molecule has 0 saturated heterocycles. The van der Waals surface area contributed by atoms with Gasteiger partial charge in [-0.2, -0.15) is 170 Å². The number of hydrogen-bond donors (Lipinski definition) is 0. The molecule has 21 rings (SSSR count). The van der Waals surface area contributed by atoms with Gasteiger partial charge < -0.3 is 39.2 Å². The van der Waals surface area contributed by atoms with Crippen molar-refractivity contribution < 1.29 is 60.3 Å². The van der Waals surface area contributed by atoms with Crippen molar-refractivity contribution in [3.8, 4) is 78.1 Å². The Kier molecular flexibility index (Phi) is 30.6. The number of hydrogen-bond acceptors (Lipinski definition) is 10. The zero-order valence-electron chi connectivity index (χ0n) is 70.6. The maximum Gasteiger partial charge on any atom is 3.00 e. The van der Waals surface area contributed by atoms with Gasteiger partial charge in [-0.15, -0.1) is 69.8 Å². The van der Waals surface area contributed by atoms with E-state index in [-0.39, 0.29) is 60.3 Å². The van der Waals surface area contributed by atoms with Gasteiger partial charge in [-0.3, -0.25) is 9.36 Å². The number of para-hydroxylation sites is 9. The number of anilines is 10. The zero-order chi connectivity index (χ0) is 83.7. The van der Waals surface area contributed by atoms with Crippen molar-refractivity contribution in [2.45, 2.75) is 27.7 Å². The third-order valence-corrected chi connectivity index (χ3v) is 21.3. The Hall–Kier alpha value is -13.2. The monoisotopic (exact) mass is 2160 g/mol. The smallest absolute Gasteiger partial charge is 0.510 e. The van der Waals surface area contributed by atoms with E-state index in [0.717, 1.165) is 45.5 Å². The van der Waals surface area contributed by atoms with Gasteiger partial charge in [-0.1, -0.05) is 216 Å². The number of fused-ring (bicyclic) bond motifs is 3. The molecular weight excluding hydrogens is 2070 g/mol. The average Bonchev–Trinajstić information content (AvgIpc) is 1.40. The molecule has 623 valence electrons. The Morgan fingerprint density at radius 2 is 0.632 bits per heavy atom. The number of rotatable bonds is 12. The molecule has 125 heavy (non-hydrogen) atoms. The summed E-state index contributed by atoms with van der Waals surface area (Å²) in [6, 6.07) is 145. The molecule has 4 aliphatic rings.